The second-order valence-electron chi connectivity index (χ2n) is 6.48. The normalized spacial score (nSPS) is 30.6. The largest absolute Gasteiger partial charge is 0.469 e. The Bertz CT molecular complexity index is 381. The topological polar surface area (TPSA) is 58.6 Å². The van der Waals surface area contributed by atoms with Crippen LogP contribution in [0.3, 0.4) is 0 Å². The van der Waals surface area contributed by atoms with E-state index < -0.39 is 0 Å². The minimum Gasteiger partial charge on any atom is -0.469 e. The van der Waals surface area contributed by atoms with Gasteiger partial charge in [-0.3, -0.25) is 14.5 Å². The number of hydrogen-bond acceptors (Lipinski definition) is 4. The molecule has 0 aromatic carbocycles. The summed E-state index contributed by atoms with van der Waals surface area (Å²) in [4.78, 5) is 26.2. The molecule has 0 aromatic rings. The molecule has 0 radical (unpaired) electrons. The van der Waals surface area contributed by atoms with E-state index in [1.54, 1.807) is 0 Å². The fourth-order valence-electron chi connectivity index (χ4n) is 3.59. The number of nitrogens with one attached hydrogen (secondary N) is 1. The highest BCUT2D eigenvalue weighted by molar-refractivity contribution is 5.83. The molecule has 1 saturated carbocycles. The third-order valence-electron chi connectivity index (χ3n) is 4.92. The molecule has 1 aliphatic carbocycles. The predicted octanol–water partition coefficient (Wildman–Crippen LogP) is 1.17. The van der Waals surface area contributed by atoms with Gasteiger partial charge in [-0.25, -0.2) is 0 Å². The van der Waals surface area contributed by atoms with E-state index in [0.29, 0.717) is 12.0 Å². The highest BCUT2D eigenvalue weighted by Gasteiger charge is 2.47. The van der Waals surface area contributed by atoms with Crippen LogP contribution in [-0.2, 0) is 14.3 Å². The number of nitrogens with zero attached hydrogens (tertiary/aromatic N) is 1. The average molecular weight is 282 g/mol. The summed E-state index contributed by atoms with van der Waals surface area (Å²) in [5.74, 6) is 0.491. The lowest BCUT2D eigenvalue weighted by Crippen LogP contribution is -2.52. The molecular formula is C15H26N2O3. The first-order chi connectivity index (χ1) is 9.43. The molecule has 4 atom stereocenters. The zero-order chi connectivity index (χ0) is 14.9. The highest BCUT2D eigenvalue weighted by atomic mass is 16.5. The van der Waals surface area contributed by atoms with Crippen molar-refractivity contribution >= 4 is 11.9 Å². The fourth-order valence-corrected chi connectivity index (χ4v) is 3.59. The Labute approximate surface area is 121 Å². The maximum absolute atomic E-state index is 12.5. The van der Waals surface area contributed by atoms with Crippen LogP contribution in [0.5, 0.6) is 0 Å². The van der Waals surface area contributed by atoms with Gasteiger partial charge in [-0.15, -0.1) is 0 Å². The van der Waals surface area contributed by atoms with Gasteiger partial charge in [-0.05, 0) is 38.1 Å². The number of hydrogen-bond donors (Lipinski definition) is 1. The van der Waals surface area contributed by atoms with E-state index in [0.717, 1.165) is 12.8 Å². The van der Waals surface area contributed by atoms with E-state index in [1.807, 2.05) is 20.9 Å². The molecule has 2 aliphatic rings. The number of methoxy groups -OCH3 is 1. The molecule has 5 nitrogen and oxygen atoms in total. The Morgan fingerprint density at radius 1 is 1.35 bits per heavy atom. The lowest BCUT2D eigenvalue weighted by Gasteiger charge is -2.32. The van der Waals surface area contributed by atoms with Crippen LogP contribution in [0.2, 0.25) is 0 Å². The second-order valence-corrected chi connectivity index (χ2v) is 6.48. The van der Waals surface area contributed by atoms with Gasteiger partial charge in [-0.1, -0.05) is 13.8 Å². The van der Waals surface area contributed by atoms with Crippen molar-refractivity contribution in [3.05, 3.63) is 0 Å². The minimum absolute atomic E-state index is 0.0207. The van der Waals surface area contributed by atoms with Gasteiger partial charge in [0.1, 0.15) is 0 Å². The Morgan fingerprint density at radius 2 is 2.05 bits per heavy atom. The summed E-state index contributed by atoms with van der Waals surface area (Å²) in [6, 6.07) is 0.393. The van der Waals surface area contributed by atoms with E-state index in [-0.39, 0.29) is 36.3 Å². The fraction of sp³-hybridized carbons (Fsp3) is 0.867. The molecule has 2 bridgehead atoms. The molecule has 20 heavy (non-hydrogen) atoms. The number of likely N-dealkylation sites (N-methyl/N-ethyl adjacent to an activating group) is 1. The van der Waals surface area contributed by atoms with Gasteiger partial charge in [-0.2, -0.15) is 0 Å². The molecule has 2 fully saturated rings. The zero-order valence-corrected chi connectivity index (χ0v) is 12.9. The van der Waals surface area contributed by atoms with Crippen LogP contribution < -0.4 is 5.32 Å². The third-order valence-corrected chi connectivity index (χ3v) is 4.92. The number of carbonyl (C=O) groups is 2. The SMILES string of the molecule is COC(=O)CC(NC(=O)C1[C@@H]2CC[C@@H](C2)N1C)C(C)C. The maximum atomic E-state index is 12.5. The molecular weight excluding hydrogens is 256 g/mol. The smallest absolute Gasteiger partial charge is 0.307 e. The number of fused-ring (bicyclic) bond motifs is 2. The Morgan fingerprint density at radius 3 is 2.55 bits per heavy atom. The van der Waals surface area contributed by atoms with Crippen LogP contribution in [0.4, 0.5) is 0 Å². The van der Waals surface area contributed by atoms with E-state index in [4.69, 9.17) is 4.74 Å². The number of piperidine rings is 1. The molecule has 1 aliphatic heterocycles. The van der Waals surface area contributed by atoms with Gasteiger partial charge in [0.2, 0.25) is 5.91 Å². The summed E-state index contributed by atoms with van der Waals surface area (Å²) in [6.07, 6.45) is 3.74. The van der Waals surface area contributed by atoms with Gasteiger partial charge in [0.15, 0.2) is 0 Å². The van der Waals surface area contributed by atoms with Gasteiger partial charge in [0, 0.05) is 12.1 Å². The van der Waals surface area contributed by atoms with Gasteiger partial charge in [0.05, 0.1) is 19.6 Å². The molecule has 114 valence electrons. The summed E-state index contributed by atoms with van der Waals surface area (Å²) >= 11 is 0. The number of rotatable bonds is 5. The quantitative estimate of drug-likeness (QED) is 0.769. The first-order valence-electron chi connectivity index (χ1n) is 7.53. The summed E-state index contributed by atoms with van der Waals surface area (Å²) < 4.78 is 4.71. The summed E-state index contributed by atoms with van der Waals surface area (Å²) in [7, 11) is 3.42. The Kier molecular flexibility index (Phi) is 4.68. The van der Waals surface area contributed by atoms with Crippen LogP contribution in [0.25, 0.3) is 0 Å². The molecule has 2 rings (SSSR count). The summed E-state index contributed by atoms with van der Waals surface area (Å²) in [6.45, 7) is 4.02. The van der Waals surface area contributed by atoms with E-state index >= 15 is 0 Å². The maximum Gasteiger partial charge on any atom is 0.307 e. The van der Waals surface area contributed by atoms with E-state index in [2.05, 4.69) is 10.2 Å². The summed E-state index contributed by atoms with van der Waals surface area (Å²) in [5.41, 5.74) is 0. The molecule has 5 heteroatoms. The van der Waals surface area contributed by atoms with Crippen molar-refractivity contribution in [1.82, 2.24) is 10.2 Å². The van der Waals surface area contributed by atoms with Crippen molar-refractivity contribution in [3.8, 4) is 0 Å². The van der Waals surface area contributed by atoms with Crippen molar-refractivity contribution in [1.29, 1.82) is 0 Å². The highest BCUT2D eigenvalue weighted by Crippen LogP contribution is 2.41. The van der Waals surface area contributed by atoms with Crippen molar-refractivity contribution in [2.45, 2.75) is 57.7 Å². The standard InChI is InChI=1S/C15H26N2O3/c1-9(2)12(8-13(18)20-4)16-15(19)14-10-5-6-11(7-10)17(14)3/h9-12,14H,5-8H2,1-4H3,(H,16,19)/t10-,11+,12?,14?/m1/s1. The molecule has 1 saturated heterocycles. The number of ether oxygens (including phenoxy) is 1. The minimum atomic E-state index is -0.273. The van der Waals surface area contributed by atoms with E-state index in [1.165, 1.54) is 13.5 Å². The van der Waals surface area contributed by atoms with Gasteiger partial charge in [0.25, 0.3) is 0 Å². The summed E-state index contributed by atoms with van der Waals surface area (Å²) in [5, 5.41) is 3.06. The first kappa shape index (κ1) is 15.3. The van der Waals surface area contributed by atoms with Gasteiger partial charge < -0.3 is 10.1 Å². The number of carbonyl (C=O) groups excluding carboxylic acids is 2. The van der Waals surface area contributed by atoms with E-state index in [9.17, 15) is 9.59 Å². The van der Waals surface area contributed by atoms with Crippen LogP contribution in [0, 0.1) is 11.8 Å². The third kappa shape index (κ3) is 2.97. The lowest BCUT2D eigenvalue weighted by molar-refractivity contribution is -0.141. The Hall–Kier alpha value is -1.10. The van der Waals surface area contributed by atoms with Crippen molar-refractivity contribution in [2.24, 2.45) is 11.8 Å². The molecule has 1 amide bonds. The monoisotopic (exact) mass is 282 g/mol. The average Bonchev–Trinajstić information content (AvgIpc) is 2.97. The van der Waals surface area contributed by atoms with Crippen LogP contribution >= 0.6 is 0 Å². The predicted molar refractivity (Wildman–Crippen MR) is 76.1 cm³/mol. The molecule has 2 unspecified atom stereocenters. The van der Waals surface area contributed by atoms with Crippen LogP contribution in [0.15, 0.2) is 0 Å². The first-order valence-corrected chi connectivity index (χ1v) is 7.53. The zero-order valence-electron chi connectivity index (χ0n) is 12.9. The second kappa shape index (κ2) is 6.12. The molecule has 1 heterocycles. The van der Waals surface area contributed by atoms with Crippen molar-refractivity contribution < 1.29 is 14.3 Å². The Balaban J connectivity index is 1.96. The number of amides is 1. The van der Waals surface area contributed by atoms with Gasteiger partial charge >= 0.3 is 5.97 Å². The molecule has 0 spiro atoms. The van der Waals surface area contributed by atoms with Crippen molar-refractivity contribution in [3.63, 3.8) is 0 Å². The molecule has 1 N–H and O–H groups in total. The number of likely N-dealkylation sites (tertiary alicyclic amines) is 1. The molecule has 0 aromatic heterocycles. The van der Waals surface area contributed by atoms with Crippen LogP contribution in [-0.4, -0.2) is 49.1 Å². The van der Waals surface area contributed by atoms with Crippen molar-refractivity contribution in [2.75, 3.05) is 14.2 Å². The van der Waals surface area contributed by atoms with Crippen LogP contribution in [0.1, 0.15) is 39.5 Å². The number of esters is 1. The lowest BCUT2D eigenvalue weighted by atomic mass is 9.96.